The molecule has 0 aliphatic rings. The summed E-state index contributed by atoms with van der Waals surface area (Å²) in [6, 6.07) is 1.91. The summed E-state index contributed by atoms with van der Waals surface area (Å²) < 4.78 is 3.68. The van der Waals surface area contributed by atoms with Gasteiger partial charge in [-0.3, -0.25) is 10.8 Å². The summed E-state index contributed by atoms with van der Waals surface area (Å²) in [7, 11) is 1.97. The third kappa shape index (κ3) is 0.717. The molecule has 0 bridgehead atoms. The second-order valence-corrected chi connectivity index (χ2v) is 2.84. The third-order valence-electron chi connectivity index (χ3n) is 2.23. The van der Waals surface area contributed by atoms with Gasteiger partial charge < -0.3 is 0 Å². The van der Waals surface area contributed by atoms with Gasteiger partial charge in [-0.1, -0.05) is 0 Å². The molecule has 0 aromatic carbocycles. The molecule has 0 saturated heterocycles. The highest BCUT2D eigenvalue weighted by Gasteiger charge is 2.15. The number of fused-ring (bicyclic) bond motifs is 1. The lowest BCUT2D eigenvalue weighted by atomic mass is 10.4. The van der Waals surface area contributed by atoms with E-state index in [9.17, 15) is 0 Å². The highest BCUT2D eigenvalue weighted by molar-refractivity contribution is 5.70. The number of pyridine rings is 1. The first-order chi connectivity index (χ1) is 5.72. The fraction of sp³-hybridized carbons (Fsp3) is 0.250. The van der Waals surface area contributed by atoms with E-state index in [1.165, 1.54) is 0 Å². The van der Waals surface area contributed by atoms with Crippen LogP contribution in [-0.2, 0) is 7.05 Å². The maximum Gasteiger partial charge on any atom is 0.277 e. The molecule has 0 radical (unpaired) electrons. The van der Waals surface area contributed by atoms with Crippen LogP contribution < -0.4 is 10.5 Å². The van der Waals surface area contributed by atoms with E-state index >= 15 is 0 Å². The minimum Gasteiger partial charge on any atom is -0.268 e. The summed E-state index contributed by atoms with van der Waals surface area (Å²) in [5, 5.41) is 0. The summed E-state index contributed by atoms with van der Waals surface area (Å²) in [6.45, 7) is 1.97. The number of nitrogens with two attached hydrogens (primary N) is 1. The van der Waals surface area contributed by atoms with E-state index in [0.29, 0.717) is 0 Å². The van der Waals surface area contributed by atoms with Crippen molar-refractivity contribution in [2.24, 2.45) is 7.05 Å². The van der Waals surface area contributed by atoms with E-state index in [1.54, 1.807) is 10.9 Å². The molecule has 0 unspecified atom stereocenters. The van der Waals surface area contributed by atoms with Crippen molar-refractivity contribution in [3.63, 3.8) is 0 Å². The number of imidazole rings is 1. The minimum atomic E-state index is 1.00. The SMILES string of the molecule is Cc1n(C)c2cnccc2[n+]1N. The molecule has 2 aromatic rings. The molecule has 2 rings (SSSR count). The molecule has 0 spiro atoms. The fourth-order valence-electron chi connectivity index (χ4n) is 1.35. The molecule has 2 heterocycles. The molecule has 2 aromatic heterocycles. The largest absolute Gasteiger partial charge is 0.277 e. The van der Waals surface area contributed by atoms with E-state index in [2.05, 4.69) is 4.98 Å². The molecule has 2 N–H and O–H groups in total. The monoisotopic (exact) mass is 163 g/mol. The van der Waals surface area contributed by atoms with Crippen molar-refractivity contribution in [1.82, 2.24) is 9.55 Å². The Labute approximate surface area is 70.2 Å². The lowest BCUT2D eigenvalue weighted by Gasteiger charge is -1.85. The van der Waals surface area contributed by atoms with E-state index < -0.39 is 0 Å². The van der Waals surface area contributed by atoms with Gasteiger partial charge >= 0.3 is 0 Å². The molecule has 62 valence electrons. The zero-order valence-electron chi connectivity index (χ0n) is 7.15. The summed E-state index contributed by atoms with van der Waals surface area (Å²) in [5.41, 5.74) is 2.06. The maximum absolute atomic E-state index is 5.81. The fourth-order valence-corrected chi connectivity index (χ4v) is 1.35. The molecule has 4 heteroatoms. The number of hydrogen-bond acceptors (Lipinski definition) is 2. The van der Waals surface area contributed by atoms with E-state index in [4.69, 9.17) is 5.84 Å². The molecular weight excluding hydrogens is 152 g/mol. The standard InChI is InChI=1S/C8H11N4/c1-6-11(2)8-5-10-4-3-7(8)12(6)9/h3-5H,9H2,1-2H3/q+1. The van der Waals surface area contributed by atoms with Gasteiger partial charge in [0.2, 0.25) is 5.52 Å². The molecule has 4 nitrogen and oxygen atoms in total. The van der Waals surface area contributed by atoms with Crippen LogP contribution in [0.4, 0.5) is 0 Å². The maximum atomic E-state index is 5.81. The summed E-state index contributed by atoms with van der Waals surface area (Å²) >= 11 is 0. The highest BCUT2D eigenvalue weighted by Crippen LogP contribution is 2.08. The number of nitrogen functional groups attached to an aromatic ring is 1. The van der Waals surface area contributed by atoms with E-state index in [-0.39, 0.29) is 0 Å². The Morgan fingerprint density at radius 2 is 2.33 bits per heavy atom. The van der Waals surface area contributed by atoms with Crippen molar-refractivity contribution < 1.29 is 4.68 Å². The van der Waals surface area contributed by atoms with Gasteiger partial charge in [-0.2, -0.15) is 0 Å². The lowest BCUT2D eigenvalue weighted by Crippen LogP contribution is -2.46. The third-order valence-corrected chi connectivity index (χ3v) is 2.23. The first kappa shape index (κ1) is 7.09. The Hall–Kier alpha value is -1.58. The van der Waals surface area contributed by atoms with Gasteiger partial charge in [0.05, 0.1) is 13.2 Å². The van der Waals surface area contributed by atoms with Crippen LogP contribution in [0, 0.1) is 6.92 Å². The minimum absolute atomic E-state index is 1.00. The molecule has 0 saturated carbocycles. The Balaban J connectivity index is 2.99. The number of hydrogen-bond donors (Lipinski definition) is 1. The van der Waals surface area contributed by atoms with Crippen molar-refractivity contribution >= 4 is 11.0 Å². The number of rotatable bonds is 0. The van der Waals surface area contributed by atoms with Crippen molar-refractivity contribution in [2.45, 2.75) is 6.92 Å². The van der Waals surface area contributed by atoms with Gasteiger partial charge in [0.25, 0.3) is 5.82 Å². The van der Waals surface area contributed by atoms with Crippen molar-refractivity contribution in [3.05, 3.63) is 24.3 Å². The average molecular weight is 163 g/mol. The number of nitrogens with zero attached hydrogens (tertiary/aromatic N) is 3. The van der Waals surface area contributed by atoms with Crippen LogP contribution >= 0.6 is 0 Å². The van der Waals surface area contributed by atoms with Crippen LogP contribution in [0.2, 0.25) is 0 Å². The van der Waals surface area contributed by atoms with E-state index in [1.807, 2.05) is 30.8 Å². The molecule has 0 aliphatic heterocycles. The van der Waals surface area contributed by atoms with Gasteiger partial charge in [-0.05, 0) is 0 Å². The van der Waals surface area contributed by atoms with Crippen molar-refractivity contribution in [3.8, 4) is 0 Å². The zero-order chi connectivity index (χ0) is 8.72. The van der Waals surface area contributed by atoms with Crippen LogP contribution in [0.5, 0.6) is 0 Å². The van der Waals surface area contributed by atoms with Crippen LogP contribution in [0.25, 0.3) is 11.0 Å². The Bertz CT molecular complexity index is 391. The molecule has 0 aliphatic carbocycles. The quantitative estimate of drug-likeness (QED) is 0.435. The predicted octanol–water partition coefficient (Wildman–Crippen LogP) is -0.117. The van der Waals surface area contributed by atoms with Crippen LogP contribution in [-0.4, -0.2) is 9.55 Å². The Morgan fingerprint density at radius 3 is 3.00 bits per heavy atom. The second kappa shape index (κ2) is 2.20. The molecule has 12 heavy (non-hydrogen) atoms. The summed E-state index contributed by atoms with van der Waals surface area (Å²) in [6.07, 6.45) is 3.55. The molecule has 0 atom stereocenters. The van der Waals surface area contributed by atoms with Gasteiger partial charge in [0.15, 0.2) is 5.52 Å². The molecular formula is C8H11N4+. The average Bonchev–Trinajstić information content (AvgIpc) is 2.33. The highest BCUT2D eigenvalue weighted by atomic mass is 15.3. The molecule has 0 fully saturated rings. The first-order valence-electron chi connectivity index (χ1n) is 3.78. The first-order valence-corrected chi connectivity index (χ1v) is 3.78. The summed E-state index contributed by atoms with van der Waals surface area (Å²) in [4.78, 5) is 4.04. The van der Waals surface area contributed by atoms with Gasteiger partial charge in [-0.25, -0.2) is 4.57 Å². The smallest absolute Gasteiger partial charge is 0.268 e. The normalized spacial score (nSPS) is 10.8. The van der Waals surface area contributed by atoms with Crippen LogP contribution in [0.3, 0.4) is 0 Å². The van der Waals surface area contributed by atoms with Crippen LogP contribution in [0.1, 0.15) is 5.82 Å². The lowest BCUT2D eigenvalue weighted by molar-refractivity contribution is -0.619. The second-order valence-electron chi connectivity index (χ2n) is 2.84. The topological polar surface area (TPSA) is 47.7 Å². The molecule has 0 amide bonds. The Kier molecular flexibility index (Phi) is 1.30. The van der Waals surface area contributed by atoms with Crippen molar-refractivity contribution in [1.29, 1.82) is 0 Å². The van der Waals surface area contributed by atoms with Gasteiger partial charge in [-0.15, -0.1) is 4.68 Å². The predicted molar refractivity (Wildman–Crippen MR) is 45.8 cm³/mol. The zero-order valence-corrected chi connectivity index (χ0v) is 7.15. The number of aromatic nitrogens is 3. The number of aryl methyl sites for hydroxylation is 1. The van der Waals surface area contributed by atoms with Crippen LogP contribution in [0.15, 0.2) is 18.5 Å². The van der Waals surface area contributed by atoms with E-state index in [0.717, 1.165) is 16.9 Å². The van der Waals surface area contributed by atoms with Crippen molar-refractivity contribution in [2.75, 3.05) is 5.84 Å². The van der Waals surface area contributed by atoms with Gasteiger partial charge in [0.1, 0.15) is 0 Å². The van der Waals surface area contributed by atoms with Gasteiger partial charge in [0, 0.05) is 19.2 Å². The Morgan fingerprint density at radius 1 is 1.58 bits per heavy atom. The summed E-state index contributed by atoms with van der Waals surface area (Å²) in [5.74, 6) is 6.82.